The first kappa shape index (κ1) is 21.9. The molecular weight excluding hydrogens is 445 g/mol. The van der Waals surface area contributed by atoms with Crippen molar-refractivity contribution in [3.8, 4) is 0 Å². The third kappa shape index (κ3) is 4.35. The first-order valence-electron chi connectivity index (χ1n) is 11.2. The molecule has 8 heteroatoms. The molecule has 6 nitrogen and oxygen atoms in total. The SMILES string of the molecule is O=C(O)c1cn(C2CC2)c2cc(N3CCN(Cc4ccc(CCl)cc4)CC3)c(F)cc2c1=O. The van der Waals surface area contributed by atoms with Gasteiger partial charge in [0.2, 0.25) is 5.43 Å². The molecule has 172 valence electrons. The van der Waals surface area contributed by atoms with Gasteiger partial charge in [0.05, 0.1) is 11.2 Å². The van der Waals surface area contributed by atoms with Crippen LogP contribution in [-0.4, -0.2) is 46.7 Å². The van der Waals surface area contributed by atoms with Crippen molar-refractivity contribution >= 4 is 34.2 Å². The lowest BCUT2D eigenvalue weighted by Gasteiger charge is -2.36. The minimum Gasteiger partial charge on any atom is -0.477 e. The Morgan fingerprint density at radius 1 is 1.06 bits per heavy atom. The molecule has 0 atom stereocenters. The number of carboxylic acid groups (broad SMARTS) is 1. The van der Waals surface area contributed by atoms with Gasteiger partial charge in [-0.25, -0.2) is 9.18 Å². The van der Waals surface area contributed by atoms with Crippen LogP contribution in [-0.2, 0) is 12.4 Å². The van der Waals surface area contributed by atoms with Crippen molar-refractivity contribution < 1.29 is 14.3 Å². The molecule has 5 rings (SSSR count). The zero-order valence-corrected chi connectivity index (χ0v) is 18.9. The molecule has 2 aromatic carbocycles. The normalized spacial score (nSPS) is 17.0. The second kappa shape index (κ2) is 8.80. The number of hydrogen-bond acceptors (Lipinski definition) is 4. The third-order valence-corrected chi connectivity index (χ3v) is 6.88. The van der Waals surface area contributed by atoms with Gasteiger partial charge >= 0.3 is 5.97 Å². The van der Waals surface area contributed by atoms with Crippen LogP contribution >= 0.6 is 11.6 Å². The number of hydrogen-bond donors (Lipinski definition) is 1. The minimum atomic E-state index is -1.28. The summed E-state index contributed by atoms with van der Waals surface area (Å²) in [4.78, 5) is 28.5. The summed E-state index contributed by atoms with van der Waals surface area (Å²) >= 11 is 5.86. The number of alkyl halides is 1. The lowest BCUT2D eigenvalue weighted by molar-refractivity contribution is 0.0695. The molecule has 0 spiro atoms. The molecule has 1 aromatic heterocycles. The molecule has 1 saturated carbocycles. The highest BCUT2D eigenvalue weighted by Crippen LogP contribution is 2.38. The van der Waals surface area contributed by atoms with E-state index >= 15 is 4.39 Å². The number of fused-ring (bicyclic) bond motifs is 1. The summed E-state index contributed by atoms with van der Waals surface area (Å²) in [5.74, 6) is -1.27. The van der Waals surface area contributed by atoms with E-state index in [1.807, 2.05) is 21.6 Å². The number of benzene rings is 2. The maximum Gasteiger partial charge on any atom is 0.341 e. The monoisotopic (exact) mass is 469 g/mol. The van der Waals surface area contributed by atoms with Gasteiger partial charge in [-0.1, -0.05) is 24.3 Å². The zero-order chi connectivity index (χ0) is 23.1. The van der Waals surface area contributed by atoms with E-state index in [0.29, 0.717) is 30.2 Å². The quantitative estimate of drug-likeness (QED) is 0.547. The average Bonchev–Trinajstić information content (AvgIpc) is 3.66. The molecule has 2 aliphatic rings. The van der Waals surface area contributed by atoms with Crippen LogP contribution in [0.5, 0.6) is 0 Å². The molecule has 1 aliphatic heterocycles. The van der Waals surface area contributed by atoms with Gasteiger partial charge in [0, 0.05) is 56.2 Å². The highest BCUT2D eigenvalue weighted by atomic mass is 35.5. The van der Waals surface area contributed by atoms with Gasteiger partial charge in [-0.2, -0.15) is 0 Å². The van der Waals surface area contributed by atoms with E-state index in [9.17, 15) is 14.7 Å². The smallest absolute Gasteiger partial charge is 0.341 e. The van der Waals surface area contributed by atoms with Gasteiger partial charge in [-0.3, -0.25) is 9.69 Å². The number of piperazine rings is 1. The Kier molecular flexibility index (Phi) is 5.85. The topological polar surface area (TPSA) is 65.8 Å². The molecule has 33 heavy (non-hydrogen) atoms. The molecule has 2 heterocycles. The van der Waals surface area contributed by atoms with Gasteiger partial charge in [0.1, 0.15) is 11.4 Å². The number of aromatic carboxylic acids is 1. The van der Waals surface area contributed by atoms with Crippen molar-refractivity contribution in [1.29, 1.82) is 0 Å². The fraction of sp³-hybridized carbons (Fsp3) is 0.360. The molecular formula is C25H25ClFN3O3. The van der Waals surface area contributed by atoms with E-state index < -0.39 is 17.2 Å². The van der Waals surface area contributed by atoms with Gasteiger partial charge in [-0.15, -0.1) is 11.6 Å². The van der Waals surface area contributed by atoms with Crippen LogP contribution in [0.4, 0.5) is 10.1 Å². The van der Waals surface area contributed by atoms with E-state index in [2.05, 4.69) is 17.0 Å². The van der Waals surface area contributed by atoms with E-state index in [4.69, 9.17) is 11.6 Å². The first-order valence-corrected chi connectivity index (χ1v) is 11.7. The van der Waals surface area contributed by atoms with Gasteiger partial charge < -0.3 is 14.6 Å². The molecule has 3 aromatic rings. The highest BCUT2D eigenvalue weighted by molar-refractivity contribution is 6.17. The van der Waals surface area contributed by atoms with Gasteiger partial charge in [-0.05, 0) is 36.1 Å². The predicted octanol–water partition coefficient (Wildman–Crippen LogP) is 4.23. The lowest BCUT2D eigenvalue weighted by Crippen LogP contribution is -2.46. The molecule has 1 saturated heterocycles. The van der Waals surface area contributed by atoms with Crippen molar-refractivity contribution in [2.24, 2.45) is 0 Å². The summed E-state index contributed by atoms with van der Waals surface area (Å²) < 4.78 is 17.0. The van der Waals surface area contributed by atoms with Crippen LogP contribution in [0.15, 0.2) is 47.4 Å². The first-order chi connectivity index (χ1) is 15.9. The van der Waals surface area contributed by atoms with Crippen LogP contribution in [0.2, 0.25) is 0 Å². The van der Waals surface area contributed by atoms with E-state index in [1.165, 1.54) is 17.8 Å². The van der Waals surface area contributed by atoms with Crippen LogP contribution in [0.3, 0.4) is 0 Å². The Bertz CT molecular complexity index is 1260. The fourth-order valence-corrected chi connectivity index (χ4v) is 4.73. The lowest BCUT2D eigenvalue weighted by atomic mass is 10.1. The Labute approximate surface area is 195 Å². The second-order valence-electron chi connectivity index (χ2n) is 8.85. The standard InChI is InChI=1S/C25H25ClFN3O3/c26-13-16-1-3-17(4-2-16)14-28-7-9-29(10-8-28)23-12-22-19(11-21(23)27)24(31)20(25(32)33)15-30(22)18-5-6-18/h1-4,11-12,15,18H,5-10,13-14H2,(H,32,33). The van der Waals surface area contributed by atoms with Crippen molar-refractivity contribution in [3.63, 3.8) is 0 Å². The van der Waals surface area contributed by atoms with Crippen LogP contribution < -0.4 is 10.3 Å². The molecule has 1 N–H and O–H groups in total. The number of pyridine rings is 1. The Balaban J connectivity index is 1.38. The van der Waals surface area contributed by atoms with Crippen LogP contribution in [0, 0.1) is 5.82 Å². The third-order valence-electron chi connectivity index (χ3n) is 6.57. The molecule has 0 unspecified atom stereocenters. The van der Waals surface area contributed by atoms with Crippen molar-refractivity contribution in [1.82, 2.24) is 9.47 Å². The Hall–Kier alpha value is -2.90. The maximum atomic E-state index is 15.1. The maximum absolute atomic E-state index is 15.1. The summed E-state index contributed by atoms with van der Waals surface area (Å²) in [6.07, 6.45) is 3.27. The molecule has 0 amide bonds. The number of anilines is 1. The van der Waals surface area contributed by atoms with Crippen molar-refractivity contribution in [2.75, 3.05) is 31.1 Å². The summed E-state index contributed by atoms with van der Waals surface area (Å²) in [7, 11) is 0. The molecule has 0 bridgehead atoms. The Morgan fingerprint density at radius 3 is 2.33 bits per heavy atom. The van der Waals surface area contributed by atoms with Gasteiger partial charge in [0.15, 0.2) is 0 Å². The summed E-state index contributed by atoms with van der Waals surface area (Å²) in [6.45, 7) is 3.76. The second-order valence-corrected chi connectivity index (χ2v) is 9.12. The number of carboxylic acids is 1. The van der Waals surface area contributed by atoms with Gasteiger partial charge in [0.25, 0.3) is 0 Å². The fourth-order valence-electron chi connectivity index (χ4n) is 4.55. The summed E-state index contributed by atoms with van der Waals surface area (Å²) in [6, 6.07) is 11.4. The molecule has 2 fully saturated rings. The van der Waals surface area contributed by atoms with Crippen molar-refractivity contribution in [2.45, 2.75) is 31.3 Å². The number of rotatable bonds is 6. The van der Waals surface area contributed by atoms with E-state index in [1.54, 1.807) is 6.07 Å². The average molecular weight is 470 g/mol. The number of aromatic nitrogens is 1. The predicted molar refractivity (Wildman–Crippen MR) is 127 cm³/mol. The summed E-state index contributed by atoms with van der Waals surface area (Å²) in [5, 5.41) is 9.54. The van der Waals surface area contributed by atoms with E-state index in [0.717, 1.165) is 38.0 Å². The van der Waals surface area contributed by atoms with Crippen LogP contribution in [0.1, 0.15) is 40.4 Å². The Morgan fingerprint density at radius 2 is 1.73 bits per heavy atom. The van der Waals surface area contributed by atoms with E-state index in [-0.39, 0.29) is 17.0 Å². The largest absolute Gasteiger partial charge is 0.477 e. The highest BCUT2D eigenvalue weighted by Gasteiger charge is 2.28. The minimum absolute atomic E-state index is 0.127. The number of halogens is 2. The summed E-state index contributed by atoms with van der Waals surface area (Å²) in [5.41, 5.74) is 2.43. The molecule has 1 aliphatic carbocycles. The van der Waals surface area contributed by atoms with Crippen LogP contribution in [0.25, 0.3) is 10.9 Å². The number of nitrogens with zero attached hydrogens (tertiary/aromatic N) is 3. The zero-order valence-electron chi connectivity index (χ0n) is 18.1. The molecule has 0 radical (unpaired) electrons. The van der Waals surface area contributed by atoms with Crippen molar-refractivity contribution in [3.05, 3.63) is 75.3 Å². The number of carbonyl (C=O) groups is 1.